The van der Waals surface area contributed by atoms with Gasteiger partial charge < -0.3 is 10.2 Å². The zero-order valence-electron chi connectivity index (χ0n) is 29.9. The molecule has 0 atom stereocenters. The standard InChI is InChI=1S/C22H28O2.C20H26O2/c1-7-8-10-16(2)11-9-12-17(3)13-14-19-18(4)21(24)20(23)15-22(19,5)6;1-7-14(2)9-8-10-15(3)11-12-17-16(4)19(22)18(21)13-20(17,5)6/h7-15,23H,1-6H3;7-13,21H,1-6H3/b8-7+,11-9+,14-13+,16-10+,17-12+;9-8+,12-11+,14-7+,15-10+. The summed E-state index contributed by atoms with van der Waals surface area (Å²) in [5, 5.41) is 19.4. The lowest BCUT2D eigenvalue weighted by Crippen LogP contribution is -2.23. The van der Waals surface area contributed by atoms with E-state index in [1.807, 2.05) is 116 Å². The first-order valence-electron chi connectivity index (χ1n) is 15.7. The van der Waals surface area contributed by atoms with Gasteiger partial charge in [0.25, 0.3) is 0 Å². The first kappa shape index (κ1) is 39.6. The topological polar surface area (TPSA) is 74.6 Å². The van der Waals surface area contributed by atoms with Gasteiger partial charge in [-0.2, -0.15) is 0 Å². The lowest BCUT2D eigenvalue weighted by Gasteiger charge is -2.28. The number of ketones is 2. The Morgan fingerprint density at radius 3 is 1.30 bits per heavy atom. The third kappa shape index (κ3) is 12.2. The summed E-state index contributed by atoms with van der Waals surface area (Å²) >= 11 is 0. The summed E-state index contributed by atoms with van der Waals surface area (Å²) < 4.78 is 0. The lowest BCUT2D eigenvalue weighted by molar-refractivity contribution is -0.115. The van der Waals surface area contributed by atoms with E-state index in [9.17, 15) is 19.8 Å². The second-order valence-corrected chi connectivity index (χ2v) is 12.9. The summed E-state index contributed by atoms with van der Waals surface area (Å²) in [7, 11) is 0. The predicted molar refractivity (Wildman–Crippen MR) is 196 cm³/mol. The maximum absolute atomic E-state index is 12.0. The van der Waals surface area contributed by atoms with Gasteiger partial charge in [0.15, 0.2) is 11.5 Å². The Morgan fingerprint density at radius 2 is 0.935 bits per heavy atom. The van der Waals surface area contributed by atoms with Crippen molar-refractivity contribution in [2.24, 2.45) is 10.8 Å². The second kappa shape index (κ2) is 17.9. The molecular weight excluding hydrogens is 568 g/mol. The summed E-state index contributed by atoms with van der Waals surface area (Å²) in [4.78, 5) is 23.9. The fourth-order valence-corrected chi connectivity index (χ4v) is 4.89. The van der Waals surface area contributed by atoms with Gasteiger partial charge in [0.05, 0.1) is 0 Å². The highest BCUT2D eigenvalue weighted by molar-refractivity contribution is 6.09. The fourth-order valence-electron chi connectivity index (χ4n) is 4.89. The van der Waals surface area contributed by atoms with E-state index in [4.69, 9.17) is 0 Å². The number of hydrogen-bond donors (Lipinski definition) is 2. The van der Waals surface area contributed by atoms with Crippen molar-refractivity contribution in [3.63, 3.8) is 0 Å². The van der Waals surface area contributed by atoms with Crippen LogP contribution in [0.5, 0.6) is 0 Å². The molecule has 0 aromatic rings. The molecule has 2 rings (SSSR count). The number of allylic oxidation sites excluding steroid dienone is 24. The van der Waals surface area contributed by atoms with Crippen LogP contribution in [-0.4, -0.2) is 21.8 Å². The molecular formula is C42H54O4. The minimum absolute atomic E-state index is 0.156. The van der Waals surface area contributed by atoms with Gasteiger partial charge >= 0.3 is 0 Å². The largest absolute Gasteiger partial charge is 0.504 e. The van der Waals surface area contributed by atoms with Crippen LogP contribution in [0.3, 0.4) is 0 Å². The Labute approximate surface area is 278 Å². The summed E-state index contributed by atoms with van der Waals surface area (Å²) in [5.74, 6) is -0.894. The molecule has 0 radical (unpaired) electrons. The molecule has 0 heterocycles. The molecule has 0 aromatic carbocycles. The molecule has 0 aromatic heterocycles. The molecule has 46 heavy (non-hydrogen) atoms. The number of aliphatic hydroxyl groups is 2. The fraction of sp³-hybridized carbons (Fsp3) is 0.333. The van der Waals surface area contributed by atoms with Crippen LogP contribution in [0.1, 0.15) is 83.1 Å². The van der Waals surface area contributed by atoms with E-state index >= 15 is 0 Å². The Morgan fingerprint density at radius 1 is 0.587 bits per heavy atom. The van der Waals surface area contributed by atoms with Gasteiger partial charge in [-0.05, 0) is 78.7 Å². The van der Waals surface area contributed by atoms with E-state index in [2.05, 4.69) is 38.2 Å². The molecule has 2 aliphatic carbocycles. The third-order valence-electron chi connectivity index (χ3n) is 7.81. The Kier molecular flexibility index (Phi) is 15.4. The van der Waals surface area contributed by atoms with E-state index in [1.165, 1.54) is 11.1 Å². The highest BCUT2D eigenvalue weighted by atomic mass is 16.3. The van der Waals surface area contributed by atoms with Gasteiger partial charge in [-0.1, -0.05) is 135 Å². The Balaban J connectivity index is 0.000000462. The van der Waals surface area contributed by atoms with Crippen molar-refractivity contribution < 1.29 is 19.8 Å². The van der Waals surface area contributed by atoms with Gasteiger partial charge in [0.1, 0.15) is 0 Å². The molecule has 0 bridgehead atoms. The summed E-state index contributed by atoms with van der Waals surface area (Å²) in [6.07, 6.45) is 31.5. The van der Waals surface area contributed by atoms with Gasteiger partial charge in [-0.15, -0.1) is 0 Å². The SMILES string of the molecule is C/C=C(C)/C=C/C=C(C)/C=C/C1=C(C)C(=O)C(O)=CC1(C)C.C/C=C/C=C(C)/C=C/C=C(C)/C=C/C1=C(C)C(=O)C(O)=CC1(C)C. The van der Waals surface area contributed by atoms with E-state index in [-0.39, 0.29) is 33.9 Å². The molecule has 2 N–H and O–H groups in total. The van der Waals surface area contributed by atoms with Crippen molar-refractivity contribution in [2.75, 3.05) is 0 Å². The molecule has 0 saturated carbocycles. The third-order valence-corrected chi connectivity index (χ3v) is 7.81. The monoisotopic (exact) mass is 622 g/mol. The molecule has 246 valence electrons. The number of hydrogen-bond acceptors (Lipinski definition) is 4. The minimum atomic E-state index is -0.361. The van der Waals surface area contributed by atoms with Crippen molar-refractivity contribution >= 4 is 11.6 Å². The second-order valence-electron chi connectivity index (χ2n) is 12.9. The van der Waals surface area contributed by atoms with Crippen LogP contribution in [0.2, 0.25) is 0 Å². The number of Topliss-reactive ketones (excluding diaryl/α,β-unsaturated/α-hetero) is 2. The van der Waals surface area contributed by atoms with Crippen molar-refractivity contribution in [1.82, 2.24) is 0 Å². The zero-order valence-corrected chi connectivity index (χ0v) is 29.9. The molecule has 0 fully saturated rings. The van der Waals surface area contributed by atoms with E-state index in [0.29, 0.717) is 11.1 Å². The van der Waals surface area contributed by atoms with Crippen LogP contribution in [0.15, 0.2) is 153 Å². The van der Waals surface area contributed by atoms with Gasteiger partial charge in [0.2, 0.25) is 11.6 Å². The molecule has 0 saturated heterocycles. The zero-order chi connectivity index (χ0) is 35.2. The van der Waals surface area contributed by atoms with Crippen molar-refractivity contribution in [3.05, 3.63) is 153 Å². The Bertz CT molecular complexity index is 1570. The summed E-state index contributed by atoms with van der Waals surface area (Å²) in [6, 6.07) is 0. The van der Waals surface area contributed by atoms with Crippen LogP contribution in [0.4, 0.5) is 0 Å². The minimum Gasteiger partial charge on any atom is -0.504 e. The molecule has 2 aliphatic rings. The van der Waals surface area contributed by atoms with Gasteiger partial charge in [-0.3, -0.25) is 9.59 Å². The average Bonchev–Trinajstić information content (AvgIpc) is 2.97. The van der Waals surface area contributed by atoms with Gasteiger partial charge in [-0.25, -0.2) is 0 Å². The quantitative estimate of drug-likeness (QED) is 0.251. The number of aliphatic hydroxyl groups excluding tert-OH is 2. The molecule has 0 amide bonds. The average molecular weight is 623 g/mol. The van der Waals surface area contributed by atoms with Gasteiger partial charge in [0, 0.05) is 22.0 Å². The first-order valence-corrected chi connectivity index (χ1v) is 15.7. The number of carbonyl (C=O) groups excluding carboxylic acids is 2. The van der Waals surface area contributed by atoms with E-state index in [0.717, 1.165) is 22.3 Å². The van der Waals surface area contributed by atoms with E-state index in [1.54, 1.807) is 26.0 Å². The normalized spacial score (nSPS) is 20.1. The van der Waals surface area contributed by atoms with Crippen molar-refractivity contribution in [3.8, 4) is 0 Å². The predicted octanol–water partition coefficient (Wildman–Crippen LogP) is 11.3. The highest BCUT2D eigenvalue weighted by Gasteiger charge is 2.32. The molecule has 4 heteroatoms. The first-order chi connectivity index (χ1) is 21.4. The van der Waals surface area contributed by atoms with Crippen LogP contribution in [0.25, 0.3) is 0 Å². The Hall–Kier alpha value is -4.44. The summed E-state index contributed by atoms with van der Waals surface area (Å²) in [6.45, 7) is 23.7. The van der Waals surface area contributed by atoms with Crippen LogP contribution < -0.4 is 0 Å². The van der Waals surface area contributed by atoms with Crippen LogP contribution >= 0.6 is 0 Å². The number of carbonyl (C=O) groups is 2. The maximum atomic E-state index is 12.0. The molecule has 0 spiro atoms. The summed E-state index contributed by atoms with van der Waals surface area (Å²) in [5.41, 5.74) is 6.96. The molecule has 0 aliphatic heterocycles. The van der Waals surface area contributed by atoms with Crippen LogP contribution in [0, 0.1) is 10.8 Å². The van der Waals surface area contributed by atoms with Crippen molar-refractivity contribution in [1.29, 1.82) is 0 Å². The molecule has 4 nitrogen and oxygen atoms in total. The number of rotatable bonds is 9. The lowest BCUT2D eigenvalue weighted by atomic mass is 9.76. The van der Waals surface area contributed by atoms with Crippen LogP contribution in [-0.2, 0) is 9.59 Å². The van der Waals surface area contributed by atoms with Crippen molar-refractivity contribution in [2.45, 2.75) is 83.1 Å². The maximum Gasteiger partial charge on any atom is 0.222 e. The van der Waals surface area contributed by atoms with E-state index < -0.39 is 0 Å². The smallest absolute Gasteiger partial charge is 0.222 e. The molecule has 0 unspecified atom stereocenters. The highest BCUT2D eigenvalue weighted by Crippen LogP contribution is 2.38.